The van der Waals surface area contributed by atoms with Crippen molar-refractivity contribution in [2.75, 3.05) is 18.6 Å². The van der Waals surface area contributed by atoms with E-state index < -0.39 is 0 Å². The van der Waals surface area contributed by atoms with Crippen LogP contribution in [0.1, 0.15) is 103 Å². The number of nitrogens with one attached hydrogen (secondary N) is 1. The highest BCUT2D eigenvalue weighted by molar-refractivity contribution is 7.98. The molecule has 0 saturated heterocycles. The Morgan fingerprint density at radius 1 is 0.800 bits per heavy atom. The lowest BCUT2D eigenvalue weighted by molar-refractivity contribution is -0.121. The lowest BCUT2D eigenvalue weighted by Crippen LogP contribution is -2.24. The van der Waals surface area contributed by atoms with Crippen LogP contribution in [0.2, 0.25) is 0 Å². The van der Waals surface area contributed by atoms with Crippen molar-refractivity contribution in [2.45, 2.75) is 103 Å². The van der Waals surface area contributed by atoms with E-state index in [1.807, 2.05) is 11.8 Å². The van der Waals surface area contributed by atoms with Gasteiger partial charge in [-0.05, 0) is 50.5 Å². The minimum Gasteiger partial charge on any atom is -0.356 e. The SMILES string of the molecule is CCCCCCCCC=CCCCCCCCC(=O)NCCCSC. The van der Waals surface area contributed by atoms with Gasteiger partial charge in [0.1, 0.15) is 0 Å². The summed E-state index contributed by atoms with van der Waals surface area (Å²) >= 11 is 1.84. The van der Waals surface area contributed by atoms with Crippen LogP contribution in [0.5, 0.6) is 0 Å². The molecule has 0 aliphatic heterocycles. The fourth-order valence-corrected chi connectivity index (χ4v) is 3.32. The summed E-state index contributed by atoms with van der Waals surface area (Å²) in [6.07, 6.45) is 25.6. The summed E-state index contributed by atoms with van der Waals surface area (Å²) in [6, 6.07) is 0. The van der Waals surface area contributed by atoms with Gasteiger partial charge in [0.25, 0.3) is 0 Å². The minimum absolute atomic E-state index is 0.235. The number of unbranched alkanes of at least 4 members (excludes halogenated alkanes) is 11. The molecule has 2 nitrogen and oxygen atoms in total. The predicted octanol–water partition coefficient (Wildman–Crippen LogP) is 6.89. The number of amides is 1. The Labute approximate surface area is 162 Å². The van der Waals surface area contributed by atoms with E-state index in [0.717, 1.165) is 25.1 Å². The van der Waals surface area contributed by atoms with E-state index in [0.29, 0.717) is 6.42 Å². The number of carbonyl (C=O) groups is 1. The van der Waals surface area contributed by atoms with E-state index in [1.165, 1.54) is 77.0 Å². The molecule has 0 aromatic heterocycles. The normalized spacial score (nSPS) is 11.3. The zero-order valence-electron chi connectivity index (χ0n) is 17.0. The van der Waals surface area contributed by atoms with Gasteiger partial charge < -0.3 is 5.32 Å². The lowest BCUT2D eigenvalue weighted by atomic mass is 10.1. The molecule has 0 rings (SSSR count). The molecule has 0 aromatic rings. The summed E-state index contributed by atoms with van der Waals surface area (Å²) in [5.74, 6) is 1.37. The van der Waals surface area contributed by atoms with Gasteiger partial charge in [0.05, 0.1) is 0 Å². The van der Waals surface area contributed by atoms with Crippen LogP contribution in [0, 0.1) is 0 Å². The van der Waals surface area contributed by atoms with Crippen LogP contribution in [0.15, 0.2) is 12.2 Å². The van der Waals surface area contributed by atoms with Gasteiger partial charge in [-0.3, -0.25) is 4.79 Å². The Hall–Kier alpha value is -0.440. The number of rotatable bonds is 19. The van der Waals surface area contributed by atoms with Crippen molar-refractivity contribution in [3.63, 3.8) is 0 Å². The Balaban J connectivity index is 3.17. The summed E-state index contributed by atoms with van der Waals surface area (Å²) in [5, 5.41) is 3.01. The van der Waals surface area contributed by atoms with Crippen LogP contribution in [0.4, 0.5) is 0 Å². The summed E-state index contributed by atoms with van der Waals surface area (Å²) in [5.41, 5.74) is 0. The molecule has 0 aliphatic rings. The number of allylic oxidation sites excluding steroid dienone is 2. The molecule has 0 fully saturated rings. The Bertz CT molecular complexity index is 304. The average molecular weight is 370 g/mol. The molecule has 1 N–H and O–H groups in total. The molecule has 0 saturated carbocycles. The maximum absolute atomic E-state index is 11.6. The molecule has 1 amide bonds. The second kappa shape index (κ2) is 21.6. The van der Waals surface area contributed by atoms with Gasteiger partial charge in [-0.1, -0.05) is 70.4 Å². The van der Waals surface area contributed by atoms with E-state index in [4.69, 9.17) is 0 Å². The first-order chi connectivity index (χ1) is 12.3. The molecule has 0 unspecified atom stereocenters. The number of hydrogen-bond acceptors (Lipinski definition) is 2. The maximum atomic E-state index is 11.6. The van der Waals surface area contributed by atoms with Crippen LogP contribution in [-0.2, 0) is 4.79 Å². The second-order valence-corrected chi connectivity index (χ2v) is 8.02. The molecule has 0 aromatic carbocycles. The number of thioether (sulfide) groups is 1. The largest absolute Gasteiger partial charge is 0.356 e. The molecule has 0 bridgehead atoms. The molecule has 148 valence electrons. The zero-order valence-corrected chi connectivity index (χ0v) is 17.8. The van der Waals surface area contributed by atoms with E-state index in [2.05, 4.69) is 30.6 Å². The van der Waals surface area contributed by atoms with Gasteiger partial charge in [-0.2, -0.15) is 11.8 Å². The highest BCUT2D eigenvalue weighted by Crippen LogP contribution is 2.10. The topological polar surface area (TPSA) is 29.1 Å². The summed E-state index contributed by atoms with van der Waals surface area (Å²) < 4.78 is 0. The fraction of sp³-hybridized carbons (Fsp3) is 0.864. The van der Waals surface area contributed by atoms with Crippen molar-refractivity contribution in [1.29, 1.82) is 0 Å². The quantitative estimate of drug-likeness (QED) is 0.198. The predicted molar refractivity (Wildman–Crippen MR) is 115 cm³/mol. The van der Waals surface area contributed by atoms with Crippen molar-refractivity contribution in [1.82, 2.24) is 5.32 Å². The van der Waals surface area contributed by atoms with Crippen LogP contribution in [0.25, 0.3) is 0 Å². The van der Waals surface area contributed by atoms with Gasteiger partial charge in [0.15, 0.2) is 0 Å². The summed E-state index contributed by atoms with van der Waals surface area (Å²) in [4.78, 5) is 11.6. The highest BCUT2D eigenvalue weighted by Gasteiger charge is 1.99. The third-order valence-electron chi connectivity index (χ3n) is 4.51. The molecular formula is C22H43NOS. The molecular weight excluding hydrogens is 326 g/mol. The maximum Gasteiger partial charge on any atom is 0.219 e. The Kier molecular flexibility index (Phi) is 21.2. The van der Waals surface area contributed by atoms with Crippen LogP contribution < -0.4 is 5.32 Å². The monoisotopic (exact) mass is 369 g/mol. The fourth-order valence-electron chi connectivity index (χ4n) is 2.89. The highest BCUT2D eigenvalue weighted by atomic mass is 32.2. The van der Waals surface area contributed by atoms with E-state index in [-0.39, 0.29) is 5.91 Å². The van der Waals surface area contributed by atoms with Crippen LogP contribution in [-0.4, -0.2) is 24.5 Å². The van der Waals surface area contributed by atoms with Crippen molar-refractivity contribution in [2.24, 2.45) is 0 Å². The molecule has 25 heavy (non-hydrogen) atoms. The third kappa shape index (κ3) is 21.5. The van der Waals surface area contributed by atoms with Crippen molar-refractivity contribution in [3.05, 3.63) is 12.2 Å². The standard InChI is InChI=1S/C22H43NOS/c1-3-4-5-6-7-8-9-10-11-12-13-14-15-16-17-19-22(24)23-20-18-21-25-2/h10-11H,3-9,12-21H2,1-2H3,(H,23,24). The van der Waals surface area contributed by atoms with Gasteiger partial charge in [-0.25, -0.2) is 0 Å². The smallest absolute Gasteiger partial charge is 0.219 e. The Morgan fingerprint density at radius 2 is 1.36 bits per heavy atom. The second-order valence-electron chi connectivity index (χ2n) is 7.03. The van der Waals surface area contributed by atoms with Gasteiger partial charge in [-0.15, -0.1) is 0 Å². The van der Waals surface area contributed by atoms with Crippen LogP contribution >= 0.6 is 11.8 Å². The first-order valence-corrected chi connectivity index (χ1v) is 12.1. The minimum atomic E-state index is 0.235. The number of hydrogen-bond donors (Lipinski definition) is 1. The Morgan fingerprint density at radius 3 is 1.96 bits per heavy atom. The van der Waals surface area contributed by atoms with Crippen molar-refractivity contribution in [3.8, 4) is 0 Å². The molecule has 0 spiro atoms. The van der Waals surface area contributed by atoms with Gasteiger partial charge in [0.2, 0.25) is 5.91 Å². The van der Waals surface area contributed by atoms with E-state index >= 15 is 0 Å². The molecule has 0 radical (unpaired) electrons. The first-order valence-electron chi connectivity index (χ1n) is 10.7. The molecule has 3 heteroatoms. The van der Waals surface area contributed by atoms with Crippen molar-refractivity contribution >= 4 is 17.7 Å². The lowest BCUT2D eigenvalue weighted by Gasteiger charge is -2.04. The van der Waals surface area contributed by atoms with E-state index in [1.54, 1.807) is 0 Å². The summed E-state index contributed by atoms with van der Waals surface area (Å²) in [7, 11) is 0. The zero-order chi connectivity index (χ0) is 18.4. The molecule has 0 atom stereocenters. The number of carbonyl (C=O) groups excluding carboxylic acids is 1. The molecule has 0 aliphatic carbocycles. The van der Waals surface area contributed by atoms with Gasteiger partial charge in [0, 0.05) is 13.0 Å². The van der Waals surface area contributed by atoms with Gasteiger partial charge >= 0.3 is 0 Å². The van der Waals surface area contributed by atoms with E-state index in [9.17, 15) is 4.79 Å². The van der Waals surface area contributed by atoms with Crippen LogP contribution in [0.3, 0.4) is 0 Å². The summed E-state index contributed by atoms with van der Waals surface area (Å²) in [6.45, 7) is 3.11. The third-order valence-corrected chi connectivity index (χ3v) is 5.21. The first kappa shape index (κ1) is 24.6. The average Bonchev–Trinajstić information content (AvgIpc) is 2.62. The molecule has 0 heterocycles. The van der Waals surface area contributed by atoms with Crippen molar-refractivity contribution < 1.29 is 4.79 Å².